The van der Waals surface area contributed by atoms with Crippen LogP contribution in [0.15, 0.2) is 0 Å². The van der Waals surface area contributed by atoms with Gasteiger partial charge in [0.25, 0.3) is 0 Å². The van der Waals surface area contributed by atoms with Crippen LogP contribution in [0.1, 0.15) is 26.7 Å². The average Bonchev–Trinajstić information content (AvgIpc) is 2.26. The van der Waals surface area contributed by atoms with E-state index in [1.165, 1.54) is 19.4 Å². The zero-order valence-electron chi connectivity index (χ0n) is 10.7. The van der Waals surface area contributed by atoms with Crippen molar-refractivity contribution in [2.24, 2.45) is 5.92 Å². The van der Waals surface area contributed by atoms with Gasteiger partial charge in [0, 0.05) is 12.6 Å². The number of hydrogen-bond acceptors (Lipinski definition) is 4. The van der Waals surface area contributed by atoms with Gasteiger partial charge in [0.05, 0.1) is 13.2 Å². The second-order valence-electron chi connectivity index (χ2n) is 4.64. The third-order valence-corrected chi connectivity index (χ3v) is 3.24. The Morgan fingerprint density at radius 2 is 2.38 bits per heavy atom. The molecule has 4 nitrogen and oxygen atoms in total. The smallest absolute Gasteiger partial charge is 0.319 e. The summed E-state index contributed by atoms with van der Waals surface area (Å²) in [4.78, 5) is 13.6. The second-order valence-corrected chi connectivity index (χ2v) is 4.64. The van der Waals surface area contributed by atoms with Crippen molar-refractivity contribution in [2.45, 2.75) is 32.7 Å². The van der Waals surface area contributed by atoms with E-state index in [0.717, 1.165) is 6.54 Å². The van der Waals surface area contributed by atoms with E-state index in [2.05, 4.69) is 24.2 Å². The molecule has 0 aromatic rings. The maximum Gasteiger partial charge on any atom is 0.319 e. The SMILES string of the molecule is CCOC(=O)CNC(C)C1CCCN(C)C1. The lowest BCUT2D eigenvalue weighted by atomic mass is 9.92. The van der Waals surface area contributed by atoms with Gasteiger partial charge in [-0.05, 0) is 46.2 Å². The molecule has 2 atom stereocenters. The van der Waals surface area contributed by atoms with Gasteiger partial charge in [0.15, 0.2) is 0 Å². The van der Waals surface area contributed by atoms with Crippen LogP contribution < -0.4 is 5.32 Å². The van der Waals surface area contributed by atoms with Gasteiger partial charge in [-0.15, -0.1) is 0 Å². The molecule has 4 heteroatoms. The summed E-state index contributed by atoms with van der Waals surface area (Å²) < 4.78 is 4.89. The molecule has 1 fully saturated rings. The summed E-state index contributed by atoms with van der Waals surface area (Å²) in [7, 11) is 2.16. The highest BCUT2D eigenvalue weighted by molar-refractivity contribution is 5.71. The van der Waals surface area contributed by atoms with Gasteiger partial charge in [-0.3, -0.25) is 4.79 Å². The Kier molecular flexibility index (Phi) is 5.77. The lowest BCUT2D eigenvalue weighted by molar-refractivity contribution is -0.142. The Morgan fingerprint density at radius 1 is 1.62 bits per heavy atom. The Bertz CT molecular complexity index is 221. The highest BCUT2D eigenvalue weighted by Crippen LogP contribution is 2.18. The Balaban J connectivity index is 2.23. The largest absolute Gasteiger partial charge is 0.465 e. The molecule has 0 aliphatic carbocycles. The van der Waals surface area contributed by atoms with Crippen LogP contribution in [0.25, 0.3) is 0 Å². The molecule has 2 unspecified atom stereocenters. The summed E-state index contributed by atoms with van der Waals surface area (Å²) in [6.45, 7) is 7.09. The molecule has 94 valence electrons. The number of carbonyl (C=O) groups excluding carboxylic acids is 1. The quantitative estimate of drug-likeness (QED) is 0.709. The fraction of sp³-hybridized carbons (Fsp3) is 0.917. The van der Waals surface area contributed by atoms with Crippen LogP contribution in [-0.4, -0.2) is 50.2 Å². The molecule has 0 amide bonds. The minimum atomic E-state index is -0.154. The zero-order valence-corrected chi connectivity index (χ0v) is 10.7. The number of carbonyl (C=O) groups is 1. The minimum Gasteiger partial charge on any atom is -0.465 e. The number of likely N-dealkylation sites (tertiary alicyclic amines) is 1. The summed E-state index contributed by atoms with van der Waals surface area (Å²) >= 11 is 0. The fourth-order valence-electron chi connectivity index (χ4n) is 2.24. The third-order valence-electron chi connectivity index (χ3n) is 3.24. The van der Waals surface area contributed by atoms with Crippen LogP contribution >= 0.6 is 0 Å². The summed E-state index contributed by atoms with van der Waals surface area (Å²) in [6.07, 6.45) is 2.51. The van der Waals surface area contributed by atoms with Gasteiger partial charge < -0.3 is 15.0 Å². The molecular weight excluding hydrogens is 204 g/mol. The van der Waals surface area contributed by atoms with Gasteiger partial charge in [0.1, 0.15) is 0 Å². The van der Waals surface area contributed by atoms with Gasteiger partial charge in [0.2, 0.25) is 0 Å². The first-order valence-electron chi connectivity index (χ1n) is 6.21. The van der Waals surface area contributed by atoms with Crippen LogP contribution in [0.5, 0.6) is 0 Å². The topological polar surface area (TPSA) is 41.6 Å². The number of ether oxygens (including phenoxy) is 1. The molecule has 0 radical (unpaired) electrons. The molecule has 0 bridgehead atoms. The van der Waals surface area contributed by atoms with Crippen molar-refractivity contribution in [3.63, 3.8) is 0 Å². The molecule has 1 saturated heterocycles. The summed E-state index contributed by atoms with van der Waals surface area (Å²) in [6, 6.07) is 0.382. The zero-order chi connectivity index (χ0) is 12.0. The lowest BCUT2D eigenvalue weighted by Crippen LogP contribution is -2.44. The minimum absolute atomic E-state index is 0.154. The Morgan fingerprint density at radius 3 is 3.00 bits per heavy atom. The summed E-state index contributed by atoms with van der Waals surface area (Å²) in [5.41, 5.74) is 0. The number of hydrogen-bond donors (Lipinski definition) is 1. The monoisotopic (exact) mass is 228 g/mol. The van der Waals surface area contributed by atoms with E-state index < -0.39 is 0 Å². The van der Waals surface area contributed by atoms with Gasteiger partial charge in [-0.25, -0.2) is 0 Å². The third kappa shape index (κ3) is 4.49. The van der Waals surface area contributed by atoms with Gasteiger partial charge in [-0.1, -0.05) is 0 Å². The number of piperidine rings is 1. The average molecular weight is 228 g/mol. The second kappa shape index (κ2) is 6.86. The van der Waals surface area contributed by atoms with E-state index in [0.29, 0.717) is 25.1 Å². The molecule has 1 aliphatic heterocycles. The summed E-state index contributed by atoms with van der Waals surface area (Å²) in [5, 5.41) is 3.26. The normalized spacial score (nSPS) is 24.1. The molecule has 0 spiro atoms. The molecule has 0 aromatic carbocycles. The Labute approximate surface area is 98.3 Å². The first kappa shape index (κ1) is 13.5. The van der Waals surface area contributed by atoms with Crippen molar-refractivity contribution in [3.05, 3.63) is 0 Å². The molecule has 1 rings (SSSR count). The van der Waals surface area contributed by atoms with Crippen molar-refractivity contribution < 1.29 is 9.53 Å². The molecule has 1 aliphatic rings. The molecule has 1 N–H and O–H groups in total. The van der Waals surface area contributed by atoms with E-state index >= 15 is 0 Å². The number of rotatable bonds is 5. The Hall–Kier alpha value is -0.610. The fourth-order valence-corrected chi connectivity index (χ4v) is 2.24. The van der Waals surface area contributed by atoms with E-state index in [4.69, 9.17) is 4.74 Å². The van der Waals surface area contributed by atoms with Crippen LogP contribution in [0.4, 0.5) is 0 Å². The van der Waals surface area contributed by atoms with Crippen LogP contribution in [-0.2, 0) is 9.53 Å². The van der Waals surface area contributed by atoms with E-state index in [9.17, 15) is 4.79 Å². The van der Waals surface area contributed by atoms with E-state index in [1.807, 2.05) is 6.92 Å². The highest BCUT2D eigenvalue weighted by atomic mass is 16.5. The van der Waals surface area contributed by atoms with E-state index in [-0.39, 0.29) is 5.97 Å². The number of nitrogens with one attached hydrogen (secondary N) is 1. The number of esters is 1. The van der Waals surface area contributed by atoms with Crippen molar-refractivity contribution in [2.75, 3.05) is 33.3 Å². The predicted molar refractivity (Wildman–Crippen MR) is 64.3 cm³/mol. The maximum absolute atomic E-state index is 11.2. The van der Waals surface area contributed by atoms with E-state index in [1.54, 1.807) is 0 Å². The first-order chi connectivity index (χ1) is 7.63. The van der Waals surface area contributed by atoms with Crippen LogP contribution in [0.3, 0.4) is 0 Å². The predicted octanol–water partition coefficient (Wildman–Crippen LogP) is 0.869. The van der Waals surface area contributed by atoms with Crippen molar-refractivity contribution in [3.8, 4) is 0 Å². The van der Waals surface area contributed by atoms with Gasteiger partial charge in [-0.2, -0.15) is 0 Å². The molecule has 0 saturated carbocycles. The number of nitrogens with zero attached hydrogens (tertiary/aromatic N) is 1. The maximum atomic E-state index is 11.2. The summed E-state index contributed by atoms with van der Waals surface area (Å²) in [5.74, 6) is 0.492. The van der Waals surface area contributed by atoms with Crippen LogP contribution in [0.2, 0.25) is 0 Å². The van der Waals surface area contributed by atoms with Crippen molar-refractivity contribution in [1.29, 1.82) is 0 Å². The van der Waals surface area contributed by atoms with Crippen LogP contribution in [0, 0.1) is 5.92 Å². The highest BCUT2D eigenvalue weighted by Gasteiger charge is 2.22. The van der Waals surface area contributed by atoms with Gasteiger partial charge >= 0.3 is 5.97 Å². The van der Waals surface area contributed by atoms with Crippen molar-refractivity contribution >= 4 is 5.97 Å². The molecule has 16 heavy (non-hydrogen) atoms. The first-order valence-corrected chi connectivity index (χ1v) is 6.21. The molecule has 0 aromatic heterocycles. The molecular formula is C12H24N2O2. The van der Waals surface area contributed by atoms with Crippen molar-refractivity contribution in [1.82, 2.24) is 10.2 Å². The lowest BCUT2D eigenvalue weighted by Gasteiger charge is -2.33. The standard InChI is InChI=1S/C12H24N2O2/c1-4-16-12(15)8-13-10(2)11-6-5-7-14(3)9-11/h10-11,13H,4-9H2,1-3H3. The molecule has 1 heterocycles.